The summed E-state index contributed by atoms with van der Waals surface area (Å²) in [5.74, 6) is 0.0722. The van der Waals surface area contributed by atoms with Crippen LogP contribution in [0.1, 0.15) is 16.8 Å². The van der Waals surface area contributed by atoms with Crippen molar-refractivity contribution in [3.63, 3.8) is 0 Å². The predicted octanol–water partition coefficient (Wildman–Crippen LogP) is 4.80. The van der Waals surface area contributed by atoms with Gasteiger partial charge in [-0.25, -0.2) is 19.9 Å². The van der Waals surface area contributed by atoms with Crippen molar-refractivity contribution in [3.8, 4) is 11.4 Å². The first-order valence-corrected chi connectivity index (χ1v) is 9.41. The zero-order valence-electron chi connectivity index (χ0n) is 17.1. The number of pyridine rings is 2. The summed E-state index contributed by atoms with van der Waals surface area (Å²) in [5, 5.41) is 9.89. The lowest BCUT2D eigenvalue weighted by atomic mass is 10.1. The highest BCUT2D eigenvalue weighted by Crippen LogP contribution is 2.35. The van der Waals surface area contributed by atoms with Crippen LogP contribution in [-0.2, 0) is 23.7 Å². The number of ether oxygens (including phenoxy) is 1. The molecule has 0 amide bonds. The highest BCUT2D eigenvalue weighted by molar-refractivity contribution is 5.88. The number of rotatable bonds is 5. The summed E-state index contributed by atoms with van der Waals surface area (Å²) in [5.41, 5.74) is -2.01. The number of fused-ring (bicyclic) bond motifs is 1. The van der Waals surface area contributed by atoms with Gasteiger partial charge in [0, 0.05) is 13.3 Å². The average Bonchev–Trinajstić information content (AvgIpc) is 2.78. The Kier molecular flexibility index (Phi) is 6.00. The molecular formula is C20H13F6N7O. The number of nitrogens with zero attached hydrogens (tertiary/aromatic N) is 6. The van der Waals surface area contributed by atoms with Crippen molar-refractivity contribution in [1.82, 2.24) is 30.1 Å². The Labute approximate surface area is 187 Å². The van der Waals surface area contributed by atoms with Crippen molar-refractivity contribution in [2.45, 2.75) is 19.0 Å². The highest BCUT2D eigenvalue weighted by Gasteiger charge is 2.35. The van der Waals surface area contributed by atoms with Crippen molar-refractivity contribution < 1.29 is 31.1 Å². The van der Waals surface area contributed by atoms with Crippen LogP contribution in [0.25, 0.3) is 22.6 Å². The Morgan fingerprint density at radius 3 is 2.38 bits per heavy atom. The molecule has 4 aromatic heterocycles. The topological polar surface area (TPSA) is 98.6 Å². The molecule has 0 aliphatic heterocycles. The van der Waals surface area contributed by atoms with E-state index in [1.54, 1.807) is 0 Å². The van der Waals surface area contributed by atoms with Crippen LogP contribution < -0.4 is 5.32 Å². The Bertz CT molecular complexity index is 1330. The van der Waals surface area contributed by atoms with E-state index >= 15 is 0 Å². The van der Waals surface area contributed by atoms with Crippen LogP contribution in [0.3, 0.4) is 0 Å². The Morgan fingerprint density at radius 1 is 0.941 bits per heavy atom. The molecule has 0 radical (unpaired) electrons. The zero-order valence-corrected chi connectivity index (χ0v) is 17.1. The fourth-order valence-electron chi connectivity index (χ4n) is 3.00. The molecule has 0 fully saturated rings. The lowest BCUT2D eigenvalue weighted by Gasteiger charge is -2.13. The van der Waals surface area contributed by atoms with E-state index in [-0.39, 0.29) is 35.0 Å². The summed E-state index contributed by atoms with van der Waals surface area (Å²) in [6.07, 6.45) is -6.59. The van der Waals surface area contributed by atoms with Gasteiger partial charge in [-0.1, -0.05) is 0 Å². The molecule has 176 valence electrons. The minimum Gasteiger partial charge on any atom is -0.378 e. The minimum atomic E-state index is -4.70. The standard InChI is InChI=1S/C20H13F6N7O/c1-34-9-11-6-13(31-15-3-2-10(7-27-15)19(21,22)23)17-18(30-11)32-14(8-28-17)16-12(20(24,25)26)4-5-29-33-16/h2-8H,9H2,1H3,(H,27,30,31,32). The number of alkyl halides is 6. The third-order valence-electron chi connectivity index (χ3n) is 4.48. The summed E-state index contributed by atoms with van der Waals surface area (Å²) in [6, 6.07) is 4.27. The van der Waals surface area contributed by atoms with Gasteiger partial charge in [0.05, 0.1) is 41.5 Å². The van der Waals surface area contributed by atoms with E-state index in [1.807, 2.05) is 0 Å². The lowest BCUT2D eigenvalue weighted by Crippen LogP contribution is -2.10. The van der Waals surface area contributed by atoms with E-state index in [0.717, 1.165) is 30.6 Å². The smallest absolute Gasteiger partial charge is 0.378 e. The number of nitrogens with one attached hydrogen (secondary N) is 1. The van der Waals surface area contributed by atoms with Gasteiger partial charge in [0.2, 0.25) is 0 Å². The molecule has 0 atom stereocenters. The van der Waals surface area contributed by atoms with Gasteiger partial charge >= 0.3 is 12.4 Å². The first-order valence-electron chi connectivity index (χ1n) is 9.41. The van der Waals surface area contributed by atoms with Gasteiger partial charge in [-0.15, -0.1) is 5.10 Å². The van der Waals surface area contributed by atoms with Crippen molar-refractivity contribution in [3.05, 3.63) is 59.7 Å². The molecule has 0 unspecified atom stereocenters. The van der Waals surface area contributed by atoms with Crippen molar-refractivity contribution in [2.75, 3.05) is 12.4 Å². The molecule has 0 saturated heterocycles. The highest BCUT2D eigenvalue weighted by atomic mass is 19.4. The molecule has 8 nitrogen and oxygen atoms in total. The summed E-state index contributed by atoms with van der Waals surface area (Å²) < 4.78 is 83.6. The van der Waals surface area contributed by atoms with Crippen LogP contribution in [0.2, 0.25) is 0 Å². The lowest BCUT2D eigenvalue weighted by molar-refractivity contribution is -0.138. The molecule has 0 aliphatic carbocycles. The number of methoxy groups -OCH3 is 1. The third-order valence-corrected chi connectivity index (χ3v) is 4.48. The molecule has 0 spiro atoms. The normalized spacial score (nSPS) is 12.2. The number of hydrogen-bond acceptors (Lipinski definition) is 8. The molecule has 4 heterocycles. The first-order chi connectivity index (χ1) is 16.1. The first kappa shape index (κ1) is 23.2. The molecule has 0 aromatic carbocycles. The zero-order chi connectivity index (χ0) is 24.5. The van der Waals surface area contributed by atoms with Gasteiger partial charge < -0.3 is 10.1 Å². The Morgan fingerprint density at radius 2 is 1.74 bits per heavy atom. The number of aromatic nitrogens is 6. The van der Waals surface area contributed by atoms with Crippen LogP contribution in [-0.4, -0.2) is 37.2 Å². The van der Waals surface area contributed by atoms with Crippen LogP contribution in [0, 0.1) is 0 Å². The van der Waals surface area contributed by atoms with Gasteiger partial charge in [0.15, 0.2) is 5.65 Å². The maximum Gasteiger partial charge on any atom is 0.418 e. The molecule has 1 N–H and O–H groups in total. The van der Waals surface area contributed by atoms with Crippen LogP contribution in [0.4, 0.5) is 37.8 Å². The quantitative estimate of drug-likeness (QED) is 0.406. The summed E-state index contributed by atoms with van der Waals surface area (Å²) in [4.78, 5) is 16.3. The van der Waals surface area contributed by atoms with Gasteiger partial charge in [0.25, 0.3) is 0 Å². The third kappa shape index (κ3) is 4.85. The van der Waals surface area contributed by atoms with E-state index in [9.17, 15) is 26.3 Å². The van der Waals surface area contributed by atoms with Crippen LogP contribution in [0.5, 0.6) is 0 Å². The fraction of sp³-hybridized carbons (Fsp3) is 0.200. The molecule has 0 saturated carbocycles. The van der Waals surface area contributed by atoms with E-state index in [2.05, 4.69) is 35.5 Å². The largest absolute Gasteiger partial charge is 0.418 e. The summed E-state index contributed by atoms with van der Waals surface area (Å²) in [7, 11) is 1.41. The number of hydrogen-bond donors (Lipinski definition) is 1. The van der Waals surface area contributed by atoms with E-state index < -0.39 is 29.2 Å². The number of halogens is 6. The molecule has 4 rings (SSSR count). The second kappa shape index (κ2) is 8.78. The SMILES string of the molecule is COCc1cc(Nc2ccc(C(F)(F)F)cn2)c2ncc(-c3nnccc3C(F)(F)F)nc2n1. The molecule has 0 aliphatic rings. The molecule has 14 heteroatoms. The fourth-order valence-corrected chi connectivity index (χ4v) is 3.00. The van der Waals surface area contributed by atoms with Crippen LogP contribution >= 0.6 is 0 Å². The molecule has 34 heavy (non-hydrogen) atoms. The molecule has 4 aromatic rings. The van der Waals surface area contributed by atoms with Crippen LogP contribution in [0.15, 0.2) is 42.9 Å². The summed E-state index contributed by atoms with van der Waals surface area (Å²) in [6.45, 7) is 0.0237. The molecular weight excluding hydrogens is 468 g/mol. The summed E-state index contributed by atoms with van der Waals surface area (Å²) >= 11 is 0. The minimum absolute atomic E-state index is 0.0237. The maximum absolute atomic E-state index is 13.4. The van der Waals surface area contributed by atoms with Gasteiger partial charge in [-0.05, 0) is 24.3 Å². The van der Waals surface area contributed by atoms with Crippen molar-refractivity contribution in [2.24, 2.45) is 0 Å². The monoisotopic (exact) mass is 481 g/mol. The van der Waals surface area contributed by atoms with E-state index in [1.165, 1.54) is 13.2 Å². The van der Waals surface area contributed by atoms with Crippen molar-refractivity contribution in [1.29, 1.82) is 0 Å². The molecule has 0 bridgehead atoms. The van der Waals surface area contributed by atoms with E-state index in [0.29, 0.717) is 11.9 Å². The van der Waals surface area contributed by atoms with E-state index in [4.69, 9.17) is 4.74 Å². The second-order valence-electron chi connectivity index (χ2n) is 6.87. The number of anilines is 2. The predicted molar refractivity (Wildman–Crippen MR) is 107 cm³/mol. The van der Waals surface area contributed by atoms with Gasteiger partial charge in [-0.3, -0.25) is 0 Å². The average molecular weight is 481 g/mol. The Balaban J connectivity index is 1.79. The van der Waals surface area contributed by atoms with Crippen molar-refractivity contribution >= 4 is 22.7 Å². The maximum atomic E-state index is 13.4. The second-order valence-corrected chi connectivity index (χ2v) is 6.87. The Hall–Kier alpha value is -3.94. The van der Waals surface area contributed by atoms with Gasteiger partial charge in [-0.2, -0.15) is 31.4 Å². The van der Waals surface area contributed by atoms with Gasteiger partial charge in [0.1, 0.15) is 22.7 Å².